The summed E-state index contributed by atoms with van der Waals surface area (Å²) in [5.41, 5.74) is 1.20. The third-order valence-electron chi connectivity index (χ3n) is 8.60. The highest BCUT2D eigenvalue weighted by molar-refractivity contribution is 6.33. The first-order valence-corrected chi connectivity index (χ1v) is 16.1. The molecule has 2 N–H and O–H groups in total. The lowest BCUT2D eigenvalue weighted by Gasteiger charge is -2.36. The van der Waals surface area contributed by atoms with Gasteiger partial charge in [0.2, 0.25) is 11.7 Å². The van der Waals surface area contributed by atoms with Crippen molar-refractivity contribution < 1.29 is 27.5 Å². The summed E-state index contributed by atoms with van der Waals surface area (Å²) in [5.74, 6) is -0.503. The van der Waals surface area contributed by atoms with Gasteiger partial charge in [0.1, 0.15) is 23.3 Å². The number of hydrogen-bond acceptors (Lipinski definition) is 10. The third kappa shape index (κ3) is 6.15. The minimum absolute atomic E-state index is 0.00823. The molecule has 260 valence electrons. The molecule has 0 spiro atoms. The maximum Gasteiger partial charge on any atom is 0.416 e. The van der Waals surface area contributed by atoms with Crippen LogP contribution in [0.1, 0.15) is 40.9 Å². The average Bonchev–Trinajstić information content (AvgIpc) is 3.78. The molecule has 1 aromatic carbocycles. The van der Waals surface area contributed by atoms with Crippen LogP contribution in [0.15, 0.2) is 41.3 Å². The minimum atomic E-state index is -4.61. The van der Waals surface area contributed by atoms with E-state index < -0.39 is 23.2 Å². The number of aromatic nitrogens is 8. The number of alkyl halides is 3. The summed E-state index contributed by atoms with van der Waals surface area (Å²) in [5, 5.41) is 17.4. The van der Waals surface area contributed by atoms with Crippen molar-refractivity contribution >= 4 is 57.2 Å². The highest BCUT2D eigenvalue weighted by Crippen LogP contribution is 2.34. The first-order valence-electron chi connectivity index (χ1n) is 15.7. The average molecular weight is 712 g/mol. The second-order valence-corrected chi connectivity index (χ2v) is 12.0. The molecule has 0 radical (unpaired) electrons. The molecule has 1 saturated heterocycles. The van der Waals surface area contributed by atoms with Crippen molar-refractivity contribution in [1.29, 1.82) is 0 Å². The second-order valence-electron chi connectivity index (χ2n) is 11.6. The first-order chi connectivity index (χ1) is 24.0. The fourth-order valence-electron chi connectivity index (χ4n) is 6.13. The van der Waals surface area contributed by atoms with E-state index in [-0.39, 0.29) is 60.8 Å². The smallest absolute Gasteiger partial charge is 0.377 e. The molecular weight excluding hydrogens is 683 g/mol. The fraction of sp³-hybridized carbons (Fsp3) is 0.355. The number of rotatable bonds is 7. The van der Waals surface area contributed by atoms with Crippen LogP contribution in [0.5, 0.6) is 0 Å². The van der Waals surface area contributed by atoms with Gasteiger partial charge in [0.15, 0.2) is 11.5 Å². The van der Waals surface area contributed by atoms with E-state index >= 15 is 0 Å². The van der Waals surface area contributed by atoms with Gasteiger partial charge in [-0.05, 0) is 42.7 Å². The highest BCUT2D eigenvalue weighted by atomic mass is 35.5. The van der Waals surface area contributed by atoms with Gasteiger partial charge in [-0.3, -0.25) is 14.4 Å². The van der Waals surface area contributed by atoms with Crippen molar-refractivity contribution in [2.24, 2.45) is 0 Å². The van der Waals surface area contributed by atoms with Gasteiger partial charge in [-0.15, -0.1) is 5.10 Å². The number of anilines is 2. The molecule has 4 aromatic heterocycles. The molecule has 0 aliphatic carbocycles. The molecule has 0 bridgehead atoms. The number of carbonyl (C=O) groups is 2. The van der Waals surface area contributed by atoms with E-state index in [1.165, 1.54) is 6.20 Å². The summed E-state index contributed by atoms with van der Waals surface area (Å²) >= 11 is 6.12. The van der Waals surface area contributed by atoms with Crippen LogP contribution in [-0.4, -0.2) is 95.7 Å². The number of carbonyl (C=O) groups excluding carboxylic acids is 2. The standard InChI is InChI=1S/C31H29ClF3N11O4/c1-2-22-26(43-9-11-44(12-10-43)28(48)25-24-21(5-8-36-25)39-42-40-24)29(49)46-30(38-27(41-46)17-6-13-50-14-7-17)45(22)16-23(47)37-20-4-3-18(15-19(20)32)31(33,34)35/h3-6,8,15H,2,7,9-14,16H2,1H3,(H,37,47)(H,39,40,42). The van der Waals surface area contributed by atoms with E-state index in [9.17, 15) is 27.6 Å². The van der Waals surface area contributed by atoms with E-state index in [1.807, 2.05) is 17.9 Å². The van der Waals surface area contributed by atoms with Crippen LogP contribution in [-0.2, 0) is 28.7 Å². The van der Waals surface area contributed by atoms with Crippen LogP contribution >= 0.6 is 11.6 Å². The number of halogens is 4. The van der Waals surface area contributed by atoms with Gasteiger partial charge in [0.05, 0.1) is 35.2 Å². The number of nitrogens with one attached hydrogen (secondary N) is 2. The fourth-order valence-corrected chi connectivity index (χ4v) is 6.36. The zero-order valence-electron chi connectivity index (χ0n) is 26.5. The van der Waals surface area contributed by atoms with Crippen molar-refractivity contribution in [2.45, 2.75) is 32.5 Å². The van der Waals surface area contributed by atoms with Gasteiger partial charge in [0.25, 0.3) is 11.5 Å². The number of benzene rings is 1. The Morgan fingerprint density at radius 2 is 1.92 bits per heavy atom. The number of fused-ring (bicyclic) bond motifs is 2. The predicted molar refractivity (Wildman–Crippen MR) is 175 cm³/mol. The molecule has 50 heavy (non-hydrogen) atoms. The van der Waals surface area contributed by atoms with Crippen LogP contribution in [0.3, 0.4) is 0 Å². The molecule has 2 amide bonds. The number of amides is 2. The molecule has 1 fully saturated rings. The highest BCUT2D eigenvalue weighted by Gasteiger charge is 2.32. The number of H-pyrrole nitrogens is 1. The predicted octanol–water partition coefficient (Wildman–Crippen LogP) is 3.20. The van der Waals surface area contributed by atoms with Gasteiger partial charge in [-0.25, -0.2) is 4.98 Å². The minimum Gasteiger partial charge on any atom is -0.377 e. The van der Waals surface area contributed by atoms with Crippen molar-refractivity contribution in [3.8, 4) is 0 Å². The van der Waals surface area contributed by atoms with Crippen LogP contribution in [0, 0.1) is 0 Å². The lowest BCUT2D eigenvalue weighted by atomic mass is 10.1. The van der Waals surface area contributed by atoms with E-state index in [2.05, 4.69) is 35.8 Å². The van der Waals surface area contributed by atoms with Crippen LogP contribution < -0.4 is 15.8 Å². The number of nitrogens with zero attached hydrogens (tertiary/aromatic N) is 9. The molecule has 7 rings (SSSR count). The lowest BCUT2D eigenvalue weighted by Crippen LogP contribution is -2.51. The van der Waals surface area contributed by atoms with E-state index in [0.29, 0.717) is 54.3 Å². The summed E-state index contributed by atoms with van der Waals surface area (Å²) in [6, 6.07) is 4.30. The Morgan fingerprint density at radius 1 is 1.12 bits per heavy atom. The molecule has 2 aliphatic rings. The maximum atomic E-state index is 14.2. The summed E-state index contributed by atoms with van der Waals surface area (Å²) in [7, 11) is 0. The quantitative estimate of drug-likeness (QED) is 0.256. The number of ether oxygens (including phenoxy) is 1. The Labute approximate surface area is 285 Å². The van der Waals surface area contributed by atoms with E-state index in [4.69, 9.17) is 16.3 Å². The molecule has 2 aliphatic heterocycles. The van der Waals surface area contributed by atoms with Crippen LogP contribution in [0.25, 0.3) is 22.4 Å². The van der Waals surface area contributed by atoms with E-state index in [1.54, 1.807) is 15.5 Å². The molecule has 0 atom stereocenters. The summed E-state index contributed by atoms with van der Waals surface area (Å²) in [6.07, 6.45) is -0.446. The number of hydrogen-bond donors (Lipinski definition) is 2. The molecule has 5 aromatic rings. The number of aromatic amines is 1. The largest absolute Gasteiger partial charge is 0.416 e. The zero-order chi connectivity index (χ0) is 35.2. The topological polar surface area (TPSA) is 169 Å². The van der Waals surface area contributed by atoms with Crippen molar-refractivity contribution in [3.05, 3.63) is 74.7 Å². The Kier molecular flexibility index (Phi) is 8.73. The van der Waals surface area contributed by atoms with Gasteiger partial charge in [-0.2, -0.15) is 38.1 Å². The molecule has 0 saturated carbocycles. The summed E-state index contributed by atoms with van der Waals surface area (Å²) in [6.45, 7) is 3.38. The van der Waals surface area contributed by atoms with Gasteiger partial charge in [-0.1, -0.05) is 24.6 Å². The van der Waals surface area contributed by atoms with Crippen molar-refractivity contribution in [2.75, 3.05) is 49.6 Å². The van der Waals surface area contributed by atoms with E-state index in [0.717, 1.165) is 28.3 Å². The molecule has 15 nitrogen and oxygen atoms in total. The Balaban J connectivity index is 1.22. The van der Waals surface area contributed by atoms with Gasteiger partial charge < -0.3 is 24.4 Å². The molecule has 6 heterocycles. The summed E-state index contributed by atoms with van der Waals surface area (Å²) in [4.78, 5) is 53.5. The third-order valence-corrected chi connectivity index (χ3v) is 8.92. The normalized spacial score (nSPS) is 15.5. The lowest BCUT2D eigenvalue weighted by molar-refractivity contribution is -0.137. The Hall–Kier alpha value is -5.36. The molecule has 0 unspecified atom stereocenters. The number of piperazine rings is 1. The Morgan fingerprint density at radius 3 is 2.62 bits per heavy atom. The summed E-state index contributed by atoms with van der Waals surface area (Å²) < 4.78 is 47.7. The monoisotopic (exact) mass is 711 g/mol. The number of pyridine rings is 1. The molecule has 19 heteroatoms. The van der Waals surface area contributed by atoms with Gasteiger partial charge in [0, 0.05) is 32.4 Å². The SMILES string of the molecule is CCc1c(N2CCN(C(=O)c3nccc4n[nH]nc34)CC2)c(=O)n2nc(C3=CCOCC3)nc2n1CC(=O)Nc1ccc(C(F)(F)F)cc1Cl. The zero-order valence-corrected chi connectivity index (χ0v) is 27.3. The van der Waals surface area contributed by atoms with Crippen molar-refractivity contribution in [1.82, 2.24) is 44.5 Å². The molecular formula is C31H29ClF3N11O4. The maximum absolute atomic E-state index is 14.2. The van der Waals surface area contributed by atoms with Crippen molar-refractivity contribution in [3.63, 3.8) is 0 Å². The first kappa shape index (κ1) is 33.2. The van der Waals surface area contributed by atoms with Gasteiger partial charge >= 0.3 is 6.18 Å². The second kappa shape index (κ2) is 13.2. The Bertz CT molecular complexity index is 2220. The van der Waals surface area contributed by atoms with Crippen LogP contribution in [0.4, 0.5) is 24.5 Å². The van der Waals surface area contributed by atoms with Crippen LogP contribution in [0.2, 0.25) is 5.02 Å².